The third kappa shape index (κ3) is 7.49. The molecule has 1 atom stereocenters. The van der Waals surface area contributed by atoms with Gasteiger partial charge in [-0.3, -0.25) is 9.69 Å². The molecule has 0 spiro atoms. The summed E-state index contributed by atoms with van der Waals surface area (Å²) in [5.74, 6) is 0.181. The van der Waals surface area contributed by atoms with Crippen LogP contribution in [0.2, 0.25) is 0 Å². The average Bonchev–Trinajstić information content (AvgIpc) is 2.59. The van der Waals surface area contributed by atoms with E-state index in [0.717, 1.165) is 32.4 Å². The molecule has 1 aliphatic heterocycles. The highest BCUT2D eigenvalue weighted by Gasteiger charge is 2.23. The molecule has 24 heavy (non-hydrogen) atoms. The zero-order valence-electron chi connectivity index (χ0n) is 15.6. The van der Waals surface area contributed by atoms with Crippen LogP contribution in [0.3, 0.4) is 0 Å². The molecule has 0 radical (unpaired) electrons. The highest BCUT2D eigenvalue weighted by Crippen LogP contribution is 2.14. The Labute approximate surface area is 148 Å². The lowest BCUT2D eigenvalue weighted by atomic mass is 10.2. The van der Waals surface area contributed by atoms with Crippen molar-refractivity contribution in [3.05, 3.63) is 0 Å². The molecule has 0 bridgehead atoms. The number of hydrogen-bond donors (Lipinski definition) is 1. The normalized spacial score (nSPS) is 17.8. The number of piperidine rings is 1. The number of nitrogens with one attached hydrogen (secondary N) is 1. The Morgan fingerprint density at radius 1 is 1.12 bits per heavy atom. The summed E-state index contributed by atoms with van der Waals surface area (Å²) in [7, 11) is -3.13. The van der Waals surface area contributed by atoms with Crippen LogP contribution in [-0.4, -0.2) is 68.0 Å². The van der Waals surface area contributed by atoms with E-state index < -0.39 is 10.0 Å². The van der Waals surface area contributed by atoms with E-state index in [0.29, 0.717) is 44.9 Å². The molecule has 1 unspecified atom stereocenters. The van der Waals surface area contributed by atoms with Gasteiger partial charge < -0.3 is 5.32 Å². The van der Waals surface area contributed by atoms with Gasteiger partial charge in [-0.05, 0) is 45.7 Å². The van der Waals surface area contributed by atoms with Gasteiger partial charge in [0.1, 0.15) is 0 Å². The summed E-state index contributed by atoms with van der Waals surface area (Å²) < 4.78 is 26.0. The largest absolute Gasteiger partial charge is 0.355 e. The van der Waals surface area contributed by atoms with Crippen LogP contribution in [0, 0.1) is 0 Å². The summed E-state index contributed by atoms with van der Waals surface area (Å²) in [5.41, 5.74) is 0. The van der Waals surface area contributed by atoms with Gasteiger partial charge in [-0.1, -0.05) is 20.3 Å². The molecule has 6 nitrogen and oxygen atoms in total. The van der Waals surface area contributed by atoms with Gasteiger partial charge in [0.2, 0.25) is 15.9 Å². The number of sulfonamides is 1. The Hall–Kier alpha value is -0.660. The molecule has 1 saturated heterocycles. The minimum atomic E-state index is -3.13. The standard InChI is InChI=1S/C17H35N3O3S/c1-4-19(5-2)16(3)15-18-17(21)11-7-10-14-24(22,23)20-12-8-6-9-13-20/h16H,4-15H2,1-3H3,(H,18,21). The first-order valence-corrected chi connectivity index (χ1v) is 11.0. The molecule has 0 aromatic heterocycles. The molecule has 1 aliphatic rings. The summed E-state index contributed by atoms with van der Waals surface area (Å²) in [6.45, 7) is 10.3. The van der Waals surface area contributed by atoms with Crippen molar-refractivity contribution in [3.8, 4) is 0 Å². The molecule has 142 valence electrons. The van der Waals surface area contributed by atoms with Gasteiger partial charge in [0.15, 0.2) is 0 Å². The Balaban J connectivity index is 2.19. The lowest BCUT2D eigenvalue weighted by Crippen LogP contribution is -2.42. The number of nitrogens with zero attached hydrogens (tertiary/aromatic N) is 2. The Bertz CT molecular complexity index is 458. The van der Waals surface area contributed by atoms with Crippen LogP contribution < -0.4 is 5.32 Å². The number of unbranched alkanes of at least 4 members (excludes halogenated alkanes) is 1. The van der Waals surface area contributed by atoms with Gasteiger partial charge in [-0.15, -0.1) is 0 Å². The first kappa shape index (κ1) is 21.4. The molecule has 7 heteroatoms. The van der Waals surface area contributed by atoms with E-state index in [1.54, 1.807) is 4.31 Å². The first-order valence-electron chi connectivity index (χ1n) is 9.39. The van der Waals surface area contributed by atoms with Crippen molar-refractivity contribution in [1.82, 2.24) is 14.5 Å². The van der Waals surface area contributed by atoms with Crippen molar-refractivity contribution in [2.24, 2.45) is 0 Å². The smallest absolute Gasteiger partial charge is 0.220 e. The van der Waals surface area contributed by atoms with Crippen molar-refractivity contribution in [2.75, 3.05) is 38.5 Å². The van der Waals surface area contributed by atoms with Crippen molar-refractivity contribution >= 4 is 15.9 Å². The summed E-state index contributed by atoms with van der Waals surface area (Å²) in [6.07, 6.45) is 4.63. The Kier molecular flexibility index (Phi) is 9.85. The molecule has 1 rings (SSSR count). The monoisotopic (exact) mass is 361 g/mol. The fourth-order valence-corrected chi connectivity index (χ4v) is 4.81. The maximum atomic E-state index is 12.2. The Morgan fingerprint density at radius 3 is 2.33 bits per heavy atom. The number of amides is 1. The first-order chi connectivity index (χ1) is 11.4. The van der Waals surface area contributed by atoms with Crippen molar-refractivity contribution in [2.45, 2.75) is 65.3 Å². The van der Waals surface area contributed by atoms with E-state index in [2.05, 4.69) is 31.0 Å². The lowest BCUT2D eigenvalue weighted by Gasteiger charge is -2.26. The summed E-state index contributed by atoms with van der Waals surface area (Å²) >= 11 is 0. The summed E-state index contributed by atoms with van der Waals surface area (Å²) in [4.78, 5) is 14.2. The number of likely N-dealkylation sites (N-methyl/N-ethyl adjacent to an activating group) is 1. The van der Waals surface area contributed by atoms with Gasteiger partial charge in [-0.25, -0.2) is 12.7 Å². The van der Waals surface area contributed by atoms with Crippen LogP contribution in [0.5, 0.6) is 0 Å². The lowest BCUT2D eigenvalue weighted by molar-refractivity contribution is -0.121. The van der Waals surface area contributed by atoms with Gasteiger partial charge in [0, 0.05) is 32.1 Å². The molecular weight excluding hydrogens is 326 g/mol. The molecular formula is C17H35N3O3S. The van der Waals surface area contributed by atoms with Crippen molar-refractivity contribution < 1.29 is 13.2 Å². The second kappa shape index (κ2) is 11.1. The predicted molar refractivity (Wildman–Crippen MR) is 98.5 cm³/mol. The van der Waals surface area contributed by atoms with Crippen molar-refractivity contribution in [3.63, 3.8) is 0 Å². The summed E-state index contributed by atoms with van der Waals surface area (Å²) in [5, 5.41) is 2.95. The molecule has 1 heterocycles. The maximum Gasteiger partial charge on any atom is 0.220 e. The SMILES string of the molecule is CCN(CC)C(C)CNC(=O)CCCCS(=O)(=O)N1CCCCC1. The van der Waals surface area contributed by atoms with Gasteiger partial charge in [-0.2, -0.15) is 0 Å². The molecule has 0 aromatic carbocycles. The minimum Gasteiger partial charge on any atom is -0.355 e. The summed E-state index contributed by atoms with van der Waals surface area (Å²) in [6, 6.07) is 0.323. The van der Waals surface area contributed by atoms with Crippen LogP contribution >= 0.6 is 0 Å². The van der Waals surface area contributed by atoms with Crippen LogP contribution in [-0.2, 0) is 14.8 Å². The molecule has 0 aromatic rings. The zero-order valence-corrected chi connectivity index (χ0v) is 16.4. The zero-order chi connectivity index (χ0) is 18.0. The van der Waals surface area contributed by atoms with Gasteiger partial charge in [0.25, 0.3) is 0 Å². The van der Waals surface area contributed by atoms with E-state index in [1.807, 2.05) is 0 Å². The second-order valence-corrected chi connectivity index (χ2v) is 8.70. The van der Waals surface area contributed by atoms with E-state index in [1.165, 1.54) is 0 Å². The predicted octanol–water partition coefficient (Wildman–Crippen LogP) is 1.82. The second-order valence-electron chi connectivity index (χ2n) is 6.61. The fourth-order valence-electron chi connectivity index (χ4n) is 3.17. The van der Waals surface area contributed by atoms with Crippen LogP contribution in [0.25, 0.3) is 0 Å². The van der Waals surface area contributed by atoms with E-state index in [9.17, 15) is 13.2 Å². The van der Waals surface area contributed by atoms with Crippen molar-refractivity contribution in [1.29, 1.82) is 0 Å². The Morgan fingerprint density at radius 2 is 1.75 bits per heavy atom. The third-order valence-electron chi connectivity index (χ3n) is 4.79. The fraction of sp³-hybridized carbons (Fsp3) is 0.941. The van der Waals surface area contributed by atoms with E-state index in [4.69, 9.17) is 0 Å². The van der Waals surface area contributed by atoms with Gasteiger partial charge in [0.05, 0.1) is 5.75 Å². The average molecular weight is 362 g/mol. The highest BCUT2D eigenvalue weighted by molar-refractivity contribution is 7.89. The number of rotatable bonds is 11. The number of carbonyl (C=O) groups is 1. The number of hydrogen-bond acceptors (Lipinski definition) is 4. The quantitative estimate of drug-likeness (QED) is 0.570. The maximum absolute atomic E-state index is 12.2. The van der Waals surface area contributed by atoms with E-state index in [-0.39, 0.29) is 11.7 Å². The van der Waals surface area contributed by atoms with E-state index >= 15 is 0 Å². The number of carbonyl (C=O) groups excluding carboxylic acids is 1. The molecule has 0 saturated carbocycles. The van der Waals surface area contributed by atoms with Crippen LogP contribution in [0.4, 0.5) is 0 Å². The minimum absolute atomic E-state index is 0.0179. The highest BCUT2D eigenvalue weighted by atomic mass is 32.2. The molecule has 1 amide bonds. The van der Waals surface area contributed by atoms with Gasteiger partial charge >= 0.3 is 0 Å². The van der Waals surface area contributed by atoms with Crippen LogP contribution in [0.15, 0.2) is 0 Å². The molecule has 0 aliphatic carbocycles. The molecule has 1 fully saturated rings. The topological polar surface area (TPSA) is 69.7 Å². The third-order valence-corrected chi connectivity index (χ3v) is 6.75. The van der Waals surface area contributed by atoms with Crippen LogP contribution in [0.1, 0.15) is 59.3 Å². The molecule has 1 N–H and O–H groups in total.